The first-order valence-electron chi connectivity index (χ1n) is 6.01. The Labute approximate surface area is 102 Å². The van der Waals surface area contributed by atoms with Crippen LogP contribution < -0.4 is 11.5 Å². The van der Waals surface area contributed by atoms with Gasteiger partial charge in [0.25, 0.3) is 0 Å². The van der Waals surface area contributed by atoms with E-state index in [2.05, 4.69) is 0 Å². The highest BCUT2D eigenvalue weighted by molar-refractivity contribution is 5.84. The van der Waals surface area contributed by atoms with E-state index in [1.165, 1.54) is 0 Å². The Bertz CT molecular complexity index is 380. The van der Waals surface area contributed by atoms with Gasteiger partial charge in [0.2, 0.25) is 5.91 Å². The van der Waals surface area contributed by atoms with Crippen LogP contribution in [0.4, 0.5) is 0 Å². The van der Waals surface area contributed by atoms with E-state index in [9.17, 15) is 4.79 Å². The van der Waals surface area contributed by atoms with Crippen LogP contribution in [-0.2, 0) is 4.79 Å². The van der Waals surface area contributed by atoms with Gasteiger partial charge in [-0.15, -0.1) is 0 Å². The van der Waals surface area contributed by atoms with Crippen molar-refractivity contribution in [3.63, 3.8) is 0 Å². The Morgan fingerprint density at radius 3 is 2.65 bits per heavy atom. The van der Waals surface area contributed by atoms with Gasteiger partial charge in [0.15, 0.2) is 0 Å². The van der Waals surface area contributed by atoms with Crippen molar-refractivity contribution in [1.82, 2.24) is 4.90 Å². The number of carbonyl (C=O) groups excluding carboxylic acids is 1. The summed E-state index contributed by atoms with van der Waals surface area (Å²) in [6, 6.07) is 9.82. The lowest BCUT2D eigenvalue weighted by atomic mass is 9.98. The second-order valence-electron chi connectivity index (χ2n) is 4.53. The van der Waals surface area contributed by atoms with Crippen LogP contribution in [0.15, 0.2) is 30.3 Å². The van der Waals surface area contributed by atoms with Crippen LogP contribution in [0.3, 0.4) is 0 Å². The molecular formula is C13H19N3O. The molecular weight excluding hydrogens is 214 g/mol. The number of benzene rings is 1. The van der Waals surface area contributed by atoms with E-state index in [1.807, 2.05) is 35.2 Å². The fourth-order valence-corrected chi connectivity index (χ4v) is 2.27. The van der Waals surface area contributed by atoms with Crippen LogP contribution >= 0.6 is 0 Å². The molecule has 0 spiro atoms. The molecule has 0 radical (unpaired) electrons. The second kappa shape index (κ2) is 5.29. The average molecular weight is 233 g/mol. The zero-order valence-electron chi connectivity index (χ0n) is 9.88. The highest BCUT2D eigenvalue weighted by Crippen LogP contribution is 2.19. The number of carbonyl (C=O) groups is 1. The van der Waals surface area contributed by atoms with Crippen LogP contribution in [0.5, 0.6) is 0 Å². The molecule has 0 aromatic heterocycles. The Hall–Kier alpha value is -1.39. The maximum absolute atomic E-state index is 12.3. The summed E-state index contributed by atoms with van der Waals surface area (Å²) >= 11 is 0. The topological polar surface area (TPSA) is 72.4 Å². The Morgan fingerprint density at radius 1 is 1.41 bits per heavy atom. The van der Waals surface area contributed by atoms with Gasteiger partial charge >= 0.3 is 0 Å². The first-order chi connectivity index (χ1) is 8.22. The summed E-state index contributed by atoms with van der Waals surface area (Å²) in [5, 5.41) is 0. The summed E-state index contributed by atoms with van der Waals surface area (Å²) in [6.07, 6.45) is 0.887. The molecule has 1 aliphatic rings. The van der Waals surface area contributed by atoms with Crippen molar-refractivity contribution in [2.45, 2.75) is 18.4 Å². The summed E-state index contributed by atoms with van der Waals surface area (Å²) in [7, 11) is 0. The molecule has 0 unspecified atom stereocenters. The first kappa shape index (κ1) is 12.1. The lowest BCUT2D eigenvalue weighted by molar-refractivity contribution is -0.131. The minimum Gasteiger partial charge on any atom is -0.341 e. The van der Waals surface area contributed by atoms with Crippen molar-refractivity contribution in [3.8, 4) is 0 Å². The Morgan fingerprint density at radius 2 is 2.12 bits per heavy atom. The molecule has 1 aromatic rings. The van der Waals surface area contributed by atoms with Crippen LogP contribution in [0.1, 0.15) is 17.9 Å². The average Bonchev–Trinajstić information content (AvgIpc) is 2.78. The summed E-state index contributed by atoms with van der Waals surface area (Å²) in [5.41, 5.74) is 12.5. The van der Waals surface area contributed by atoms with E-state index in [-0.39, 0.29) is 17.9 Å². The zero-order valence-corrected chi connectivity index (χ0v) is 9.88. The molecule has 4 N–H and O–H groups in total. The predicted octanol–water partition coefficient (Wildman–Crippen LogP) is 0.289. The normalized spacial score (nSPS) is 21.5. The van der Waals surface area contributed by atoms with Gasteiger partial charge in [0.1, 0.15) is 0 Å². The molecule has 1 saturated heterocycles. The third-order valence-corrected chi connectivity index (χ3v) is 3.27. The highest BCUT2D eigenvalue weighted by Gasteiger charge is 2.29. The molecule has 1 aliphatic heterocycles. The van der Waals surface area contributed by atoms with Gasteiger partial charge in [-0.1, -0.05) is 30.3 Å². The first-order valence-corrected chi connectivity index (χ1v) is 6.01. The van der Waals surface area contributed by atoms with Gasteiger partial charge in [-0.05, 0) is 12.0 Å². The van der Waals surface area contributed by atoms with Gasteiger partial charge in [-0.2, -0.15) is 0 Å². The third kappa shape index (κ3) is 2.65. The van der Waals surface area contributed by atoms with Crippen molar-refractivity contribution in [2.24, 2.45) is 11.5 Å². The number of nitrogens with zero attached hydrogens (tertiary/aromatic N) is 1. The van der Waals surface area contributed by atoms with Crippen LogP contribution in [0, 0.1) is 0 Å². The lowest BCUT2D eigenvalue weighted by Crippen LogP contribution is -2.37. The quantitative estimate of drug-likeness (QED) is 0.788. The van der Waals surface area contributed by atoms with Gasteiger partial charge < -0.3 is 16.4 Å². The number of nitrogens with two attached hydrogens (primary N) is 2. The molecule has 1 amide bonds. The second-order valence-corrected chi connectivity index (χ2v) is 4.53. The van der Waals surface area contributed by atoms with E-state index < -0.39 is 0 Å². The van der Waals surface area contributed by atoms with Crippen LogP contribution in [0.2, 0.25) is 0 Å². The van der Waals surface area contributed by atoms with Crippen molar-refractivity contribution < 1.29 is 4.79 Å². The lowest BCUT2D eigenvalue weighted by Gasteiger charge is -2.22. The van der Waals surface area contributed by atoms with Crippen molar-refractivity contribution in [3.05, 3.63) is 35.9 Å². The highest BCUT2D eigenvalue weighted by atomic mass is 16.2. The summed E-state index contributed by atoms with van der Waals surface area (Å²) in [4.78, 5) is 14.1. The molecule has 0 bridgehead atoms. The Kier molecular flexibility index (Phi) is 3.76. The van der Waals surface area contributed by atoms with Gasteiger partial charge in [-0.3, -0.25) is 4.79 Å². The number of rotatable bonds is 3. The van der Waals surface area contributed by atoms with Gasteiger partial charge in [0, 0.05) is 25.7 Å². The van der Waals surface area contributed by atoms with Crippen LogP contribution in [-0.4, -0.2) is 36.5 Å². The monoisotopic (exact) mass is 233 g/mol. The molecule has 0 saturated carbocycles. The number of likely N-dealkylation sites (tertiary alicyclic amines) is 1. The maximum atomic E-state index is 12.3. The molecule has 4 heteroatoms. The number of hydrogen-bond acceptors (Lipinski definition) is 3. The van der Waals surface area contributed by atoms with Crippen molar-refractivity contribution >= 4 is 5.91 Å². The molecule has 2 atom stereocenters. The van der Waals surface area contributed by atoms with Gasteiger partial charge in [-0.25, -0.2) is 0 Å². The fourth-order valence-electron chi connectivity index (χ4n) is 2.27. The maximum Gasteiger partial charge on any atom is 0.231 e. The molecule has 1 aromatic carbocycles. The minimum atomic E-state index is -0.235. The van der Waals surface area contributed by atoms with Crippen LogP contribution in [0.25, 0.3) is 0 Å². The van der Waals surface area contributed by atoms with Crippen molar-refractivity contribution in [1.29, 1.82) is 0 Å². The smallest absolute Gasteiger partial charge is 0.231 e. The summed E-state index contributed by atoms with van der Waals surface area (Å²) in [5.74, 6) is -0.131. The molecule has 92 valence electrons. The molecule has 17 heavy (non-hydrogen) atoms. The summed E-state index contributed by atoms with van der Waals surface area (Å²) in [6.45, 7) is 1.75. The van der Waals surface area contributed by atoms with E-state index in [0.29, 0.717) is 13.1 Å². The molecule has 4 nitrogen and oxygen atoms in total. The zero-order chi connectivity index (χ0) is 12.3. The van der Waals surface area contributed by atoms with E-state index in [4.69, 9.17) is 11.5 Å². The van der Waals surface area contributed by atoms with Crippen molar-refractivity contribution in [2.75, 3.05) is 19.6 Å². The standard InChI is InChI=1S/C13H19N3O/c14-8-12(10-4-2-1-3-5-10)13(17)16-7-6-11(15)9-16/h1-5,11-12H,6-9,14-15H2/t11-,12+/m0/s1. The molecule has 2 rings (SSSR count). The number of hydrogen-bond donors (Lipinski definition) is 2. The van der Waals surface area contributed by atoms with E-state index >= 15 is 0 Å². The minimum absolute atomic E-state index is 0.103. The SMILES string of the molecule is NC[C@@H](C(=O)N1CC[C@H](N)C1)c1ccccc1. The molecule has 1 heterocycles. The van der Waals surface area contributed by atoms with Gasteiger partial charge in [0.05, 0.1) is 5.92 Å². The van der Waals surface area contributed by atoms with E-state index in [0.717, 1.165) is 18.5 Å². The molecule has 0 aliphatic carbocycles. The molecule has 1 fully saturated rings. The van der Waals surface area contributed by atoms with E-state index in [1.54, 1.807) is 0 Å². The predicted molar refractivity (Wildman–Crippen MR) is 67.4 cm³/mol. The fraction of sp³-hybridized carbons (Fsp3) is 0.462. The summed E-state index contributed by atoms with van der Waals surface area (Å²) < 4.78 is 0. The number of amides is 1. The Balaban J connectivity index is 2.11. The third-order valence-electron chi connectivity index (χ3n) is 3.27. The largest absolute Gasteiger partial charge is 0.341 e.